The Balaban J connectivity index is 1.44. The first-order valence-electron chi connectivity index (χ1n) is 12.0. The number of fused-ring (bicyclic) bond motifs is 3. The van der Waals surface area contributed by atoms with Gasteiger partial charge in [0.05, 0.1) is 18.8 Å². The van der Waals surface area contributed by atoms with E-state index in [0.717, 1.165) is 47.5 Å². The SMILES string of the molecule is O[C@@H](CN(Cc1ccccc1)[C@@H]1CCCC[C@@H]1O)Cn1c2ccc(Cl)cc2c2cc(Cl)ccc21. The predicted molar refractivity (Wildman–Crippen MR) is 141 cm³/mol. The predicted octanol–water partition coefficient (Wildman–Crippen LogP) is 6.27. The van der Waals surface area contributed by atoms with Crippen LogP contribution in [-0.2, 0) is 13.1 Å². The van der Waals surface area contributed by atoms with E-state index in [4.69, 9.17) is 23.2 Å². The summed E-state index contributed by atoms with van der Waals surface area (Å²) in [5.41, 5.74) is 3.23. The van der Waals surface area contributed by atoms with Crippen molar-refractivity contribution in [1.82, 2.24) is 9.47 Å². The number of aromatic nitrogens is 1. The molecule has 3 atom stereocenters. The van der Waals surface area contributed by atoms with Crippen LogP contribution >= 0.6 is 23.2 Å². The van der Waals surface area contributed by atoms with Crippen molar-refractivity contribution in [3.63, 3.8) is 0 Å². The van der Waals surface area contributed by atoms with Gasteiger partial charge in [-0.3, -0.25) is 4.90 Å². The van der Waals surface area contributed by atoms with Crippen molar-refractivity contribution in [1.29, 1.82) is 0 Å². The van der Waals surface area contributed by atoms with Crippen LogP contribution in [0.15, 0.2) is 66.7 Å². The Labute approximate surface area is 210 Å². The van der Waals surface area contributed by atoms with Gasteiger partial charge in [-0.25, -0.2) is 0 Å². The summed E-state index contributed by atoms with van der Waals surface area (Å²) in [4.78, 5) is 2.27. The molecule has 178 valence electrons. The number of halogens is 2. The van der Waals surface area contributed by atoms with Gasteiger partial charge in [0.2, 0.25) is 0 Å². The summed E-state index contributed by atoms with van der Waals surface area (Å²) in [6, 6.07) is 22.0. The zero-order valence-corrected chi connectivity index (χ0v) is 20.6. The molecule has 0 spiro atoms. The van der Waals surface area contributed by atoms with E-state index in [-0.39, 0.29) is 12.1 Å². The number of aliphatic hydroxyl groups is 2. The van der Waals surface area contributed by atoms with Gasteiger partial charge < -0.3 is 14.8 Å². The highest BCUT2D eigenvalue weighted by atomic mass is 35.5. The Bertz CT molecular complexity index is 1210. The molecule has 4 nitrogen and oxygen atoms in total. The minimum Gasteiger partial charge on any atom is -0.391 e. The van der Waals surface area contributed by atoms with Gasteiger partial charge in [-0.15, -0.1) is 0 Å². The molecule has 0 amide bonds. The van der Waals surface area contributed by atoms with Crippen LogP contribution in [0.5, 0.6) is 0 Å². The zero-order chi connectivity index (χ0) is 23.7. The van der Waals surface area contributed by atoms with Crippen LogP contribution in [0.1, 0.15) is 31.2 Å². The van der Waals surface area contributed by atoms with Gasteiger partial charge in [-0.1, -0.05) is 66.4 Å². The van der Waals surface area contributed by atoms with Crippen LogP contribution in [0.3, 0.4) is 0 Å². The van der Waals surface area contributed by atoms with Gasteiger partial charge in [0, 0.05) is 51.0 Å². The van der Waals surface area contributed by atoms with Crippen LogP contribution < -0.4 is 0 Å². The Hall–Kier alpha value is -2.08. The number of rotatable bonds is 7. The number of benzene rings is 3. The van der Waals surface area contributed by atoms with Crippen molar-refractivity contribution in [2.24, 2.45) is 0 Å². The third-order valence-electron chi connectivity index (χ3n) is 7.02. The highest BCUT2D eigenvalue weighted by Crippen LogP contribution is 2.33. The molecule has 5 rings (SSSR count). The molecule has 1 saturated carbocycles. The molecule has 2 N–H and O–H groups in total. The summed E-state index contributed by atoms with van der Waals surface area (Å²) < 4.78 is 2.15. The molecule has 0 radical (unpaired) electrons. The van der Waals surface area contributed by atoms with E-state index in [9.17, 15) is 10.2 Å². The summed E-state index contributed by atoms with van der Waals surface area (Å²) in [7, 11) is 0. The Morgan fingerprint density at radius 3 is 2.12 bits per heavy atom. The second-order valence-electron chi connectivity index (χ2n) is 9.42. The number of hydrogen-bond acceptors (Lipinski definition) is 3. The Morgan fingerprint density at radius 1 is 0.882 bits per heavy atom. The van der Waals surface area contributed by atoms with Crippen LogP contribution in [-0.4, -0.2) is 44.5 Å². The maximum atomic E-state index is 11.3. The van der Waals surface area contributed by atoms with E-state index < -0.39 is 6.10 Å². The molecule has 3 aromatic carbocycles. The van der Waals surface area contributed by atoms with E-state index in [1.54, 1.807) is 0 Å². The average molecular weight is 497 g/mol. The summed E-state index contributed by atoms with van der Waals surface area (Å²) in [6.45, 7) is 1.63. The van der Waals surface area contributed by atoms with Crippen LogP contribution in [0.4, 0.5) is 0 Å². The fraction of sp³-hybridized carbons (Fsp3) is 0.357. The summed E-state index contributed by atoms with van der Waals surface area (Å²) in [5, 5.41) is 25.5. The third kappa shape index (κ3) is 4.98. The van der Waals surface area contributed by atoms with Crippen molar-refractivity contribution in [3.05, 3.63) is 82.3 Å². The first-order valence-corrected chi connectivity index (χ1v) is 12.8. The lowest BCUT2D eigenvalue weighted by atomic mass is 9.90. The normalized spacial score (nSPS) is 19.8. The standard InChI is InChI=1S/C28H30Cl2N2O2/c29-20-10-12-25-23(14-20)24-15-21(30)11-13-26(24)32(25)18-22(33)17-31(16-19-6-2-1-3-7-19)27-8-4-5-9-28(27)34/h1-3,6-7,10-15,22,27-28,33-34H,4-5,8-9,16-18H2/t22-,27+,28-/m0/s1. The third-order valence-corrected chi connectivity index (χ3v) is 7.49. The van der Waals surface area contributed by atoms with E-state index in [0.29, 0.717) is 29.7 Å². The van der Waals surface area contributed by atoms with Gasteiger partial charge in [0.15, 0.2) is 0 Å². The molecule has 0 bridgehead atoms. The quantitative estimate of drug-likeness (QED) is 0.317. The summed E-state index contributed by atoms with van der Waals surface area (Å²) >= 11 is 12.6. The zero-order valence-electron chi connectivity index (χ0n) is 19.1. The molecule has 4 aromatic rings. The number of aliphatic hydroxyl groups excluding tert-OH is 2. The molecule has 0 unspecified atom stereocenters. The van der Waals surface area contributed by atoms with Crippen molar-refractivity contribution < 1.29 is 10.2 Å². The van der Waals surface area contributed by atoms with E-state index in [1.807, 2.05) is 54.6 Å². The molecule has 1 aliphatic rings. The maximum absolute atomic E-state index is 11.3. The second-order valence-corrected chi connectivity index (χ2v) is 10.3. The molecule has 1 aromatic heterocycles. The van der Waals surface area contributed by atoms with Gasteiger partial charge >= 0.3 is 0 Å². The molecule has 1 fully saturated rings. The highest BCUT2D eigenvalue weighted by Gasteiger charge is 2.30. The first-order chi connectivity index (χ1) is 16.5. The van der Waals surface area contributed by atoms with E-state index in [2.05, 4.69) is 21.6 Å². The van der Waals surface area contributed by atoms with Crippen LogP contribution in [0.2, 0.25) is 10.0 Å². The number of hydrogen-bond donors (Lipinski definition) is 2. The smallest absolute Gasteiger partial charge is 0.0846 e. The van der Waals surface area contributed by atoms with Gasteiger partial charge in [-0.2, -0.15) is 0 Å². The first kappa shape index (κ1) is 23.7. The molecular weight excluding hydrogens is 467 g/mol. The summed E-state index contributed by atoms with van der Waals surface area (Å²) in [6.07, 6.45) is 2.97. The fourth-order valence-corrected chi connectivity index (χ4v) is 5.78. The monoisotopic (exact) mass is 496 g/mol. The highest BCUT2D eigenvalue weighted by molar-refractivity contribution is 6.33. The molecule has 1 aliphatic carbocycles. The molecule has 0 saturated heterocycles. The topological polar surface area (TPSA) is 48.6 Å². The van der Waals surface area contributed by atoms with E-state index in [1.165, 1.54) is 5.56 Å². The lowest BCUT2D eigenvalue weighted by Crippen LogP contribution is -2.48. The van der Waals surface area contributed by atoms with Crippen LogP contribution in [0, 0.1) is 0 Å². The molecule has 0 aliphatic heterocycles. The molecular formula is C28H30Cl2N2O2. The van der Waals surface area contributed by atoms with Crippen molar-refractivity contribution in [3.8, 4) is 0 Å². The van der Waals surface area contributed by atoms with Gasteiger partial charge in [0.25, 0.3) is 0 Å². The van der Waals surface area contributed by atoms with Crippen molar-refractivity contribution in [2.45, 2.75) is 57.0 Å². The average Bonchev–Trinajstić information content (AvgIpc) is 3.11. The lowest BCUT2D eigenvalue weighted by Gasteiger charge is -2.38. The minimum atomic E-state index is -0.608. The lowest BCUT2D eigenvalue weighted by molar-refractivity contribution is -0.00857. The fourth-order valence-electron chi connectivity index (χ4n) is 5.44. The Morgan fingerprint density at radius 2 is 1.50 bits per heavy atom. The maximum Gasteiger partial charge on any atom is 0.0846 e. The van der Waals surface area contributed by atoms with Gasteiger partial charge in [-0.05, 0) is 54.8 Å². The molecule has 34 heavy (non-hydrogen) atoms. The van der Waals surface area contributed by atoms with Crippen molar-refractivity contribution >= 4 is 45.0 Å². The number of nitrogens with zero attached hydrogens (tertiary/aromatic N) is 2. The second kappa shape index (κ2) is 10.3. The van der Waals surface area contributed by atoms with E-state index >= 15 is 0 Å². The van der Waals surface area contributed by atoms with Gasteiger partial charge in [0.1, 0.15) is 0 Å². The molecule has 1 heterocycles. The largest absolute Gasteiger partial charge is 0.391 e. The Kier molecular flexibility index (Phi) is 7.14. The summed E-state index contributed by atoms with van der Waals surface area (Å²) in [5.74, 6) is 0. The van der Waals surface area contributed by atoms with Crippen LogP contribution in [0.25, 0.3) is 21.8 Å². The molecule has 6 heteroatoms. The minimum absolute atomic E-state index is 0.0550. The van der Waals surface area contributed by atoms with Crippen molar-refractivity contribution in [2.75, 3.05) is 6.54 Å².